The zero-order chi connectivity index (χ0) is 40.9. The van der Waals surface area contributed by atoms with Gasteiger partial charge < -0.3 is 28.6 Å². The van der Waals surface area contributed by atoms with Crippen molar-refractivity contribution in [1.29, 1.82) is 0 Å². The lowest BCUT2D eigenvalue weighted by Gasteiger charge is -2.26. The highest BCUT2D eigenvalue weighted by Gasteiger charge is 2.24. The molecule has 0 bridgehead atoms. The van der Waals surface area contributed by atoms with Crippen molar-refractivity contribution in [2.24, 2.45) is 5.73 Å². The molecule has 304 valence electrons. The van der Waals surface area contributed by atoms with Crippen molar-refractivity contribution in [2.45, 2.75) is 67.0 Å². The molecule has 58 heavy (non-hydrogen) atoms. The molecule has 1 aliphatic rings. The number of nitrogens with zero attached hydrogens (tertiary/aromatic N) is 8. The summed E-state index contributed by atoms with van der Waals surface area (Å²) in [6.07, 6.45) is 7.25. The van der Waals surface area contributed by atoms with Gasteiger partial charge in [0.15, 0.2) is 17.4 Å². The molecule has 0 aliphatic carbocycles. The van der Waals surface area contributed by atoms with Crippen molar-refractivity contribution in [1.82, 2.24) is 39.0 Å². The first kappa shape index (κ1) is 39.8. The number of primary amides is 1. The molecular weight excluding hydrogens is 747 g/mol. The third kappa shape index (κ3) is 8.62. The van der Waals surface area contributed by atoms with Crippen LogP contribution >= 0.6 is 0 Å². The van der Waals surface area contributed by atoms with Crippen molar-refractivity contribution in [2.75, 3.05) is 50.1 Å². The van der Waals surface area contributed by atoms with E-state index in [4.69, 9.17) is 34.0 Å². The largest absolute Gasteiger partial charge is 0.491 e. The summed E-state index contributed by atoms with van der Waals surface area (Å²) in [6.45, 7) is 13.8. The van der Waals surface area contributed by atoms with Gasteiger partial charge in [-0.05, 0) is 49.9 Å². The van der Waals surface area contributed by atoms with E-state index in [2.05, 4.69) is 30.5 Å². The molecule has 7 rings (SSSR count). The van der Waals surface area contributed by atoms with Gasteiger partial charge in [-0.3, -0.25) is 34.5 Å². The zero-order valence-electron chi connectivity index (χ0n) is 33.3. The average molecular weight is 794 g/mol. The van der Waals surface area contributed by atoms with Crippen LogP contribution in [0.1, 0.15) is 80.5 Å². The maximum atomic E-state index is 13.7. The first-order valence-corrected chi connectivity index (χ1v) is 19.3. The van der Waals surface area contributed by atoms with Crippen LogP contribution in [0.4, 0.5) is 11.9 Å². The summed E-state index contributed by atoms with van der Waals surface area (Å²) in [5.41, 5.74) is 10.1. The number of ether oxygens (including phenoxy) is 2. The van der Waals surface area contributed by atoms with Gasteiger partial charge >= 0.3 is 0 Å². The zero-order valence-corrected chi connectivity index (χ0v) is 33.3. The van der Waals surface area contributed by atoms with Gasteiger partial charge in [-0.15, -0.1) is 0 Å². The van der Waals surface area contributed by atoms with Crippen LogP contribution in [0.2, 0.25) is 0 Å². The SMILES string of the molecule is CCc1nc(C)oc1C(=O)Nc1nc2cc(C)cnc2n1C/C=C/Cn1c(NC(=O)c2oc(C)nc2CC)nc2cc(C(N)=O)cc(OCCCN3CCOCC3)c21. The van der Waals surface area contributed by atoms with Gasteiger partial charge in [0.05, 0.1) is 36.7 Å². The number of pyridine rings is 1. The highest BCUT2D eigenvalue weighted by atomic mass is 16.5. The van der Waals surface area contributed by atoms with Gasteiger partial charge in [-0.1, -0.05) is 26.0 Å². The number of morpholine rings is 1. The predicted octanol–water partition coefficient (Wildman–Crippen LogP) is 4.77. The summed E-state index contributed by atoms with van der Waals surface area (Å²) in [6, 6.07) is 5.07. The Morgan fingerprint density at radius 1 is 0.828 bits per heavy atom. The lowest BCUT2D eigenvalue weighted by Crippen LogP contribution is -2.37. The van der Waals surface area contributed by atoms with E-state index in [0.717, 1.165) is 31.6 Å². The third-order valence-corrected chi connectivity index (χ3v) is 9.68. The molecular formula is C40H47N11O7. The van der Waals surface area contributed by atoms with Crippen LogP contribution in [0, 0.1) is 20.8 Å². The first-order valence-electron chi connectivity index (χ1n) is 19.3. The van der Waals surface area contributed by atoms with Gasteiger partial charge in [0, 0.05) is 58.3 Å². The maximum Gasteiger partial charge on any atom is 0.295 e. The molecule has 0 radical (unpaired) electrons. The Kier molecular flexibility index (Phi) is 11.9. The molecule has 1 aromatic carbocycles. The fourth-order valence-electron chi connectivity index (χ4n) is 6.88. The van der Waals surface area contributed by atoms with Gasteiger partial charge in [0.2, 0.25) is 29.3 Å². The summed E-state index contributed by atoms with van der Waals surface area (Å²) in [7, 11) is 0. The fourth-order valence-corrected chi connectivity index (χ4v) is 6.88. The monoisotopic (exact) mass is 793 g/mol. The van der Waals surface area contributed by atoms with E-state index in [-0.39, 0.29) is 42.1 Å². The summed E-state index contributed by atoms with van der Waals surface area (Å²) < 4.78 is 26.7. The normalized spacial score (nSPS) is 13.5. The van der Waals surface area contributed by atoms with E-state index in [1.54, 1.807) is 41.3 Å². The van der Waals surface area contributed by atoms with Crippen LogP contribution in [0.15, 0.2) is 45.4 Å². The van der Waals surface area contributed by atoms with Gasteiger partial charge in [0.25, 0.3) is 11.8 Å². The molecule has 0 atom stereocenters. The Labute approximate surface area is 333 Å². The van der Waals surface area contributed by atoms with Crippen LogP contribution in [0.25, 0.3) is 22.2 Å². The van der Waals surface area contributed by atoms with Crippen LogP contribution in [-0.2, 0) is 30.7 Å². The molecule has 0 saturated carbocycles. The number of aromatic nitrogens is 7. The number of anilines is 2. The molecule has 0 unspecified atom stereocenters. The number of oxazole rings is 2. The molecule has 3 amide bonds. The Balaban J connectivity index is 1.21. The van der Waals surface area contributed by atoms with Crippen molar-refractivity contribution in [3.63, 3.8) is 0 Å². The summed E-state index contributed by atoms with van der Waals surface area (Å²) in [5, 5.41) is 5.79. The van der Waals surface area contributed by atoms with Crippen LogP contribution < -0.4 is 21.1 Å². The van der Waals surface area contributed by atoms with Crippen molar-refractivity contribution in [3.05, 3.63) is 82.4 Å². The van der Waals surface area contributed by atoms with Crippen molar-refractivity contribution < 1.29 is 32.7 Å². The van der Waals surface area contributed by atoms with Crippen molar-refractivity contribution in [3.8, 4) is 5.75 Å². The number of imidazole rings is 2. The van der Waals surface area contributed by atoms with Crippen LogP contribution in [0.5, 0.6) is 5.75 Å². The molecule has 6 aromatic rings. The van der Waals surface area contributed by atoms with E-state index >= 15 is 0 Å². The summed E-state index contributed by atoms with van der Waals surface area (Å²) in [5.74, 6) is 0.189. The number of nitrogens with one attached hydrogen (secondary N) is 2. The molecule has 1 fully saturated rings. The Morgan fingerprint density at radius 3 is 2.05 bits per heavy atom. The standard InChI is InChI=1S/C40H47N11O7/c1-6-27-33(57-24(4)43-27)37(53)47-39-45-29-20-26(35(41)52)21-31(56-16-10-11-49-14-17-55-18-15-49)32(29)50(39)12-8-9-13-51-36-30(19-23(3)22-42-36)46-40(51)48-38(54)34-28(7-2)44-25(5)58-34/h8-9,19-22H,6-7,10-18H2,1-5H3,(H2,41,52)(H,45,47,53)(H,46,48,54)/b9-8+. The lowest BCUT2D eigenvalue weighted by molar-refractivity contribution is 0.0358. The van der Waals surface area contributed by atoms with E-state index < -0.39 is 17.7 Å². The number of benzene rings is 1. The second-order valence-electron chi connectivity index (χ2n) is 13.9. The Morgan fingerprint density at radius 2 is 1.43 bits per heavy atom. The number of carbonyl (C=O) groups excluding carboxylic acids is 3. The minimum absolute atomic E-state index is 0.0856. The minimum Gasteiger partial charge on any atom is -0.491 e. The second kappa shape index (κ2) is 17.4. The summed E-state index contributed by atoms with van der Waals surface area (Å²) in [4.78, 5) is 64.6. The average Bonchev–Trinajstić information content (AvgIpc) is 3.97. The van der Waals surface area contributed by atoms with Crippen molar-refractivity contribution >= 4 is 51.8 Å². The van der Waals surface area contributed by atoms with E-state index in [0.29, 0.717) is 83.8 Å². The Bertz CT molecular complexity index is 2500. The lowest BCUT2D eigenvalue weighted by atomic mass is 10.1. The van der Waals surface area contributed by atoms with E-state index in [1.807, 2.05) is 39.0 Å². The number of hydrogen-bond acceptors (Lipinski definition) is 13. The Hall–Kier alpha value is -6.40. The molecule has 1 aliphatic heterocycles. The highest BCUT2D eigenvalue weighted by molar-refractivity contribution is 6.04. The molecule has 5 aromatic heterocycles. The summed E-state index contributed by atoms with van der Waals surface area (Å²) >= 11 is 0. The number of fused-ring (bicyclic) bond motifs is 2. The van der Waals surface area contributed by atoms with E-state index in [1.165, 1.54) is 0 Å². The number of carbonyl (C=O) groups is 3. The molecule has 18 nitrogen and oxygen atoms in total. The number of allylic oxidation sites excluding steroid dienone is 2. The minimum atomic E-state index is -0.645. The fraction of sp³-hybridized carbons (Fsp3) is 0.400. The molecule has 6 heterocycles. The quantitative estimate of drug-likeness (QED) is 0.0889. The second-order valence-corrected chi connectivity index (χ2v) is 13.9. The third-order valence-electron chi connectivity index (χ3n) is 9.68. The molecule has 4 N–H and O–H groups in total. The maximum absolute atomic E-state index is 13.7. The first-order chi connectivity index (χ1) is 28.0. The number of hydrogen-bond donors (Lipinski definition) is 3. The highest BCUT2D eigenvalue weighted by Crippen LogP contribution is 2.32. The number of amides is 3. The van der Waals surface area contributed by atoms with Crippen LogP contribution in [0.3, 0.4) is 0 Å². The number of nitrogens with two attached hydrogens (primary N) is 1. The number of rotatable bonds is 16. The number of aryl methyl sites for hydroxylation is 5. The predicted molar refractivity (Wildman–Crippen MR) is 214 cm³/mol. The smallest absolute Gasteiger partial charge is 0.295 e. The van der Waals surface area contributed by atoms with E-state index in [9.17, 15) is 14.4 Å². The van der Waals surface area contributed by atoms with Crippen LogP contribution in [-0.4, -0.2) is 96.1 Å². The van der Waals surface area contributed by atoms with Gasteiger partial charge in [-0.25, -0.2) is 24.9 Å². The molecule has 1 saturated heterocycles. The molecule has 0 spiro atoms. The van der Waals surface area contributed by atoms with Gasteiger partial charge in [-0.2, -0.15) is 0 Å². The topological polar surface area (TPSA) is 224 Å². The van der Waals surface area contributed by atoms with Gasteiger partial charge in [0.1, 0.15) is 16.8 Å². The molecule has 18 heteroatoms.